The van der Waals surface area contributed by atoms with Crippen LogP contribution in [0.5, 0.6) is 0 Å². The molecule has 7 heteroatoms. The van der Waals surface area contributed by atoms with Gasteiger partial charge < -0.3 is 5.32 Å². The third-order valence-corrected chi connectivity index (χ3v) is 8.85. The molecule has 0 unspecified atom stereocenters. The molecule has 0 atom stereocenters. The van der Waals surface area contributed by atoms with E-state index in [4.69, 9.17) is 0 Å². The molecule has 4 nitrogen and oxygen atoms in total. The monoisotopic (exact) mass is 503 g/mol. The van der Waals surface area contributed by atoms with Gasteiger partial charge >= 0.3 is 0 Å². The van der Waals surface area contributed by atoms with Crippen LogP contribution in [0.25, 0.3) is 0 Å². The smallest absolute Gasteiger partial charge is 0.256 e. The normalized spacial score (nSPS) is 15.1. The van der Waals surface area contributed by atoms with Crippen LogP contribution in [0, 0.1) is 0 Å². The number of benzene rings is 2. The molecule has 1 aliphatic rings. The summed E-state index contributed by atoms with van der Waals surface area (Å²) in [7, 11) is -3.59. The number of thiophene rings is 1. The van der Waals surface area contributed by atoms with Crippen LogP contribution >= 0.6 is 27.3 Å². The third kappa shape index (κ3) is 4.68. The highest BCUT2D eigenvalue weighted by atomic mass is 79.9. The number of carbonyl (C=O) groups excluding carboxylic acids is 1. The van der Waals surface area contributed by atoms with Crippen LogP contribution in [0.3, 0.4) is 0 Å². The fourth-order valence-electron chi connectivity index (χ4n) is 3.74. The summed E-state index contributed by atoms with van der Waals surface area (Å²) in [6.07, 6.45) is 6.24. The third-order valence-electron chi connectivity index (χ3n) is 5.44. The maximum absolute atomic E-state index is 12.8. The number of hydrogen-bond donors (Lipinski definition) is 1. The molecule has 2 aromatic carbocycles. The molecule has 1 heterocycles. The second kappa shape index (κ2) is 9.04. The van der Waals surface area contributed by atoms with Crippen LogP contribution in [0.4, 0.5) is 5.69 Å². The van der Waals surface area contributed by atoms with Gasteiger partial charge in [-0.25, -0.2) is 8.42 Å². The molecule has 0 bridgehead atoms. The Labute approximate surface area is 189 Å². The van der Waals surface area contributed by atoms with Crippen LogP contribution in [0.1, 0.15) is 53.3 Å². The Bertz CT molecular complexity index is 1130. The first-order valence-corrected chi connectivity index (χ1v) is 13.1. The van der Waals surface area contributed by atoms with E-state index >= 15 is 0 Å². The molecule has 0 saturated heterocycles. The Morgan fingerprint density at radius 3 is 2.17 bits per heavy atom. The van der Waals surface area contributed by atoms with Crippen molar-refractivity contribution in [3.63, 3.8) is 0 Å². The quantitative estimate of drug-likeness (QED) is 0.424. The van der Waals surface area contributed by atoms with Crippen molar-refractivity contribution in [2.75, 3.05) is 5.32 Å². The lowest BCUT2D eigenvalue weighted by Gasteiger charge is -2.19. The van der Waals surface area contributed by atoms with Gasteiger partial charge in [0.05, 0.1) is 15.4 Å². The molecule has 1 aliphatic carbocycles. The van der Waals surface area contributed by atoms with Gasteiger partial charge in [-0.3, -0.25) is 4.79 Å². The first-order chi connectivity index (χ1) is 14.4. The number of amides is 1. The van der Waals surface area contributed by atoms with E-state index in [9.17, 15) is 13.2 Å². The number of hydrogen-bond acceptors (Lipinski definition) is 4. The SMILES string of the molecule is O=C(Nc1ccc(S(=O)(=O)c2ccc(Br)cc2)cc1)c1csc(C2CCCCC2)c1. The zero-order valence-electron chi connectivity index (χ0n) is 16.3. The number of sulfone groups is 1. The van der Waals surface area contributed by atoms with Crippen molar-refractivity contribution in [2.45, 2.75) is 47.8 Å². The predicted molar refractivity (Wildman–Crippen MR) is 124 cm³/mol. The number of anilines is 1. The van der Waals surface area contributed by atoms with Gasteiger partial charge in [0.25, 0.3) is 5.91 Å². The van der Waals surface area contributed by atoms with Gasteiger partial charge in [0.15, 0.2) is 0 Å². The summed E-state index contributed by atoms with van der Waals surface area (Å²) in [6, 6.07) is 14.8. The molecule has 4 rings (SSSR count). The van der Waals surface area contributed by atoms with Crippen molar-refractivity contribution in [3.8, 4) is 0 Å². The molecule has 0 spiro atoms. The lowest BCUT2D eigenvalue weighted by molar-refractivity contribution is 0.102. The summed E-state index contributed by atoms with van der Waals surface area (Å²) >= 11 is 4.97. The van der Waals surface area contributed by atoms with Crippen LogP contribution < -0.4 is 5.32 Å². The van der Waals surface area contributed by atoms with Crippen molar-refractivity contribution in [3.05, 3.63) is 74.9 Å². The minimum atomic E-state index is -3.59. The molecular formula is C23H22BrNO3S2. The van der Waals surface area contributed by atoms with Crippen molar-refractivity contribution >= 4 is 48.7 Å². The Kier molecular flexibility index (Phi) is 6.41. The fourth-order valence-corrected chi connectivity index (χ4v) is 6.33. The van der Waals surface area contributed by atoms with E-state index in [0.29, 0.717) is 17.2 Å². The lowest BCUT2D eigenvalue weighted by atomic mass is 9.88. The van der Waals surface area contributed by atoms with Crippen molar-refractivity contribution in [1.29, 1.82) is 0 Å². The minimum Gasteiger partial charge on any atom is -0.322 e. The molecular weight excluding hydrogens is 482 g/mol. The van der Waals surface area contributed by atoms with E-state index in [1.165, 1.54) is 49.1 Å². The summed E-state index contributed by atoms with van der Waals surface area (Å²) in [5.74, 6) is 0.408. The highest BCUT2D eigenvalue weighted by Gasteiger charge is 2.20. The molecule has 1 fully saturated rings. The van der Waals surface area contributed by atoms with Crippen LogP contribution in [-0.4, -0.2) is 14.3 Å². The van der Waals surface area contributed by atoms with Gasteiger partial charge in [0.1, 0.15) is 0 Å². The molecule has 1 N–H and O–H groups in total. The Morgan fingerprint density at radius 1 is 0.933 bits per heavy atom. The highest BCUT2D eigenvalue weighted by Crippen LogP contribution is 2.36. The van der Waals surface area contributed by atoms with Crippen LogP contribution in [-0.2, 0) is 9.84 Å². The zero-order chi connectivity index (χ0) is 21.1. The Morgan fingerprint density at radius 2 is 1.53 bits per heavy atom. The molecule has 0 aliphatic heterocycles. The summed E-state index contributed by atoms with van der Waals surface area (Å²) in [4.78, 5) is 14.3. The maximum atomic E-state index is 12.8. The molecule has 156 valence electrons. The van der Waals surface area contributed by atoms with E-state index in [1.54, 1.807) is 47.7 Å². The summed E-state index contributed by atoms with van der Waals surface area (Å²) in [5.41, 5.74) is 1.23. The first kappa shape index (κ1) is 21.3. The number of rotatable bonds is 5. The lowest BCUT2D eigenvalue weighted by Crippen LogP contribution is -2.11. The molecule has 1 aromatic heterocycles. The molecule has 30 heavy (non-hydrogen) atoms. The average molecular weight is 504 g/mol. The molecule has 0 radical (unpaired) electrons. The van der Waals surface area contributed by atoms with Crippen molar-refractivity contribution in [1.82, 2.24) is 0 Å². The number of nitrogens with one attached hydrogen (secondary N) is 1. The second-order valence-electron chi connectivity index (χ2n) is 7.51. The zero-order valence-corrected chi connectivity index (χ0v) is 19.5. The maximum Gasteiger partial charge on any atom is 0.256 e. The van der Waals surface area contributed by atoms with Gasteiger partial charge in [-0.1, -0.05) is 35.2 Å². The average Bonchev–Trinajstić information content (AvgIpc) is 3.26. The largest absolute Gasteiger partial charge is 0.322 e. The second-order valence-corrected chi connectivity index (χ2v) is 11.3. The van der Waals surface area contributed by atoms with Gasteiger partial charge in [-0.15, -0.1) is 11.3 Å². The standard InChI is InChI=1S/C23H22BrNO3S2/c24-18-6-10-20(11-7-18)30(27,28)21-12-8-19(9-13-21)25-23(26)17-14-22(29-15-17)16-4-2-1-3-5-16/h6-16H,1-5H2,(H,25,26). The van der Waals surface area contributed by atoms with E-state index in [2.05, 4.69) is 21.2 Å². The fraction of sp³-hybridized carbons (Fsp3) is 0.261. The Hall–Kier alpha value is -1.96. The summed E-state index contributed by atoms with van der Waals surface area (Å²) < 4.78 is 26.3. The van der Waals surface area contributed by atoms with Crippen LogP contribution in [0.15, 0.2) is 74.2 Å². The number of halogens is 1. The van der Waals surface area contributed by atoms with E-state index < -0.39 is 9.84 Å². The van der Waals surface area contributed by atoms with E-state index in [-0.39, 0.29) is 15.7 Å². The molecule has 3 aromatic rings. The van der Waals surface area contributed by atoms with Crippen LogP contribution in [0.2, 0.25) is 0 Å². The van der Waals surface area contributed by atoms with Gasteiger partial charge in [-0.2, -0.15) is 0 Å². The summed E-state index contributed by atoms with van der Waals surface area (Å²) in [6.45, 7) is 0. The topological polar surface area (TPSA) is 63.2 Å². The van der Waals surface area contributed by atoms with Gasteiger partial charge in [-0.05, 0) is 73.4 Å². The van der Waals surface area contributed by atoms with Crippen molar-refractivity contribution in [2.24, 2.45) is 0 Å². The number of carbonyl (C=O) groups is 1. The van der Waals surface area contributed by atoms with E-state index in [1.807, 2.05) is 11.4 Å². The molecule has 1 amide bonds. The highest BCUT2D eigenvalue weighted by molar-refractivity contribution is 9.10. The minimum absolute atomic E-state index is 0.170. The predicted octanol–water partition coefficient (Wildman–Crippen LogP) is 6.64. The van der Waals surface area contributed by atoms with Gasteiger partial charge in [0.2, 0.25) is 9.84 Å². The van der Waals surface area contributed by atoms with E-state index in [0.717, 1.165) is 4.47 Å². The Balaban J connectivity index is 1.45. The first-order valence-electron chi connectivity index (χ1n) is 9.94. The molecule has 1 saturated carbocycles. The van der Waals surface area contributed by atoms with Gasteiger partial charge in [0, 0.05) is 20.4 Å². The van der Waals surface area contributed by atoms with Crippen molar-refractivity contribution < 1.29 is 13.2 Å². The summed E-state index contributed by atoms with van der Waals surface area (Å²) in [5, 5.41) is 4.78.